The number of guanidine groups is 1. The second-order valence-corrected chi connectivity index (χ2v) is 8.86. The van der Waals surface area contributed by atoms with Gasteiger partial charge in [0.15, 0.2) is 5.96 Å². The van der Waals surface area contributed by atoms with Crippen LogP contribution in [0.15, 0.2) is 4.99 Å². The third-order valence-corrected chi connectivity index (χ3v) is 6.54. The maximum Gasteiger partial charge on any atom is 0.225 e. The molecule has 1 unspecified atom stereocenters. The molecule has 3 rings (SSSR count). The predicted octanol–water partition coefficient (Wildman–Crippen LogP) is 2.65. The minimum atomic E-state index is 0. The van der Waals surface area contributed by atoms with E-state index in [1.165, 1.54) is 38.5 Å². The van der Waals surface area contributed by atoms with Crippen LogP contribution in [0.3, 0.4) is 0 Å². The van der Waals surface area contributed by atoms with Crippen molar-refractivity contribution in [2.24, 2.45) is 16.8 Å². The van der Waals surface area contributed by atoms with Gasteiger partial charge in [0, 0.05) is 44.6 Å². The second kappa shape index (κ2) is 13.4. The van der Waals surface area contributed by atoms with Crippen LogP contribution < -0.4 is 16.0 Å². The zero-order valence-electron chi connectivity index (χ0n) is 18.5. The minimum absolute atomic E-state index is 0. The Kier molecular flexibility index (Phi) is 11.2. The second-order valence-electron chi connectivity index (χ2n) is 8.86. The number of aliphatic imine (C=N–C) groups is 1. The van der Waals surface area contributed by atoms with E-state index < -0.39 is 0 Å². The van der Waals surface area contributed by atoms with Crippen LogP contribution in [-0.2, 0) is 9.59 Å². The highest BCUT2D eigenvalue weighted by molar-refractivity contribution is 14.0. The number of hydrogen-bond acceptors (Lipinski definition) is 3. The lowest BCUT2D eigenvalue weighted by molar-refractivity contribution is -0.134. The van der Waals surface area contributed by atoms with Gasteiger partial charge >= 0.3 is 0 Å². The van der Waals surface area contributed by atoms with Crippen LogP contribution in [0.1, 0.15) is 71.1 Å². The van der Waals surface area contributed by atoms with Crippen LogP contribution in [0.2, 0.25) is 0 Å². The summed E-state index contributed by atoms with van der Waals surface area (Å²) in [6, 6.07) is 0.245. The largest absolute Gasteiger partial charge is 0.357 e. The van der Waals surface area contributed by atoms with E-state index in [1.807, 2.05) is 11.8 Å². The van der Waals surface area contributed by atoms with Crippen molar-refractivity contribution in [3.8, 4) is 0 Å². The van der Waals surface area contributed by atoms with Gasteiger partial charge in [-0.1, -0.05) is 25.7 Å². The number of likely N-dealkylation sites (tertiary alicyclic amines) is 1. The molecule has 0 spiro atoms. The van der Waals surface area contributed by atoms with Crippen molar-refractivity contribution in [3.05, 3.63) is 0 Å². The van der Waals surface area contributed by atoms with Crippen LogP contribution >= 0.6 is 24.0 Å². The van der Waals surface area contributed by atoms with Crippen LogP contribution in [0.4, 0.5) is 0 Å². The molecule has 1 aliphatic heterocycles. The van der Waals surface area contributed by atoms with E-state index in [0.29, 0.717) is 31.3 Å². The third-order valence-electron chi connectivity index (χ3n) is 6.54. The summed E-state index contributed by atoms with van der Waals surface area (Å²) in [4.78, 5) is 31.3. The van der Waals surface area contributed by atoms with Crippen molar-refractivity contribution in [2.75, 3.05) is 32.7 Å². The maximum absolute atomic E-state index is 12.6. The monoisotopic (exact) mass is 533 g/mol. The first kappa shape index (κ1) is 25.2. The molecule has 8 heteroatoms. The lowest BCUT2D eigenvalue weighted by Gasteiger charge is -2.21. The highest BCUT2D eigenvalue weighted by Crippen LogP contribution is 2.28. The van der Waals surface area contributed by atoms with E-state index in [2.05, 4.69) is 20.9 Å². The molecule has 3 aliphatic rings. The summed E-state index contributed by atoms with van der Waals surface area (Å²) in [5, 5.41) is 9.75. The molecule has 2 saturated carbocycles. The molecule has 1 heterocycles. The average molecular weight is 533 g/mol. The first-order valence-corrected chi connectivity index (χ1v) is 11.8. The molecule has 3 N–H and O–H groups in total. The molecule has 0 radical (unpaired) electrons. The van der Waals surface area contributed by atoms with E-state index in [0.717, 1.165) is 44.9 Å². The quantitative estimate of drug-likeness (QED) is 0.194. The van der Waals surface area contributed by atoms with Crippen molar-refractivity contribution in [2.45, 2.75) is 77.2 Å². The number of hydrogen-bond donors (Lipinski definition) is 3. The number of amides is 2. The van der Waals surface area contributed by atoms with Crippen LogP contribution in [-0.4, -0.2) is 61.4 Å². The Labute approximate surface area is 198 Å². The van der Waals surface area contributed by atoms with Crippen molar-refractivity contribution >= 4 is 41.8 Å². The van der Waals surface area contributed by atoms with Gasteiger partial charge in [0.25, 0.3) is 0 Å². The highest BCUT2D eigenvalue weighted by atomic mass is 127. The lowest BCUT2D eigenvalue weighted by Crippen LogP contribution is -2.45. The summed E-state index contributed by atoms with van der Waals surface area (Å²) in [6.07, 6.45) is 11.1. The van der Waals surface area contributed by atoms with Gasteiger partial charge in [-0.05, 0) is 44.9 Å². The van der Waals surface area contributed by atoms with Crippen molar-refractivity contribution in [3.63, 3.8) is 0 Å². The average Bonchev–Trinajstić information content (AvgIpc) is 3.47. The normalized spacial score (nSPS) is 22.8. The van der Waals surface area contributed by atoms with Gasteiger partial charge in [-0.25, -0.2) is 0 Å². The first-order valence-electron chi connectivity index (χ1n) is 11.8. The topological polar surface area (TPSA) is 85.8 Å². The molecule has 7 nitrogen and oxygen atoms in total. The van der Waals surface area contributed by atoms with Gasteiger partial charge in [-0.15, -0.1) is 24.0 Å². The Hall–Kier alpha value is -1.06. The molecular formula is C22H40IN5O2. The van der Waals surface area contributed by atoms with E-state index in [9.17, 15) is 9.59 Å². The van der Waals surface area contributed by atoms with E-state index in [1.54, 1.807) is 0 Å². The SMILES string of the molecule is CCNC(=NCCNC(=O)CC1CCCC1)NC1CCN(C(=O)C2CCCC2)C1.I. The maximum atomic E-state index is 12.6. The molecule has 1 atom stereocenters. The number of rotatable bonds is 8. The molecule has 0 aromatic carbocycles. The summed E-state index contributed by atoms with van der Waals surface area (Å²) in [6.45, 7) is 5.56. The zero-order valence-corrected chi connectivity index (χ0v) is 20.8. The first-order chi connectivity index (χ1) is 14.2. The van der Waals surface area contributed by atoms with E-state index >= 15 is 0 Å². The molecule has 0 bridgehead atoms. The van der Waals surface area contributed by atoms with Crippen LogP contribution in [0.5, 0.6) is 0 Å². The summed E-state index contributed by atoms with van der Waals surface area (Å²) in [5.41, 5.74) is 0. The Morgan fingerprint density at radius 3 is 2.40 bits per heavy atom. The molecular weight excluding hydrogens is 493 g/mol. The smallest absolute Gasteiger partial charge is 0.225 e. The zero-order chi connectivity index (χ0) is 20.5. The Morgan fingerprint density at radius 2 is 1.70 bits per heavy atom. The number of nitrogens with one attached hydrogen (secondary N) is 3. The molecule has 172 valence electrons. The summed E-state index contributed by atoms with van der Waals surface area (Å²) in [7, 11) is 0. The molecule has 2 aliphatic carbocycles. The van der Waals surface area contributed by atoms with Crippen molar-refractivity contribution in [1.82, 2.24) is 20.9 Å². The van der Waals surface area contributed by atoms with Gasteiger partial charge in [0.1, 0.15) is 0 Å². The van der Waals surface area contributed by atoms with Gasteiger partial charge < -0.3 is 20.9 Å². The molecule has 0 aromatic heterocycles. The van der Waals surface area contributed by atoms with Gasteiger partial charge in [0.2, 0.25) is 11.8 Å². The van der Waals surface area contributed by atoms with Crippen molar-refractivity contribution < 1.29 is 9.59 Å². The molecule has 30 heavy (non-hydrogen) atoms. The van der Waals surface area contributed by atoms with Gasteiger partial charge in [0.05, 0.1) is 6.54 Å². The number of halogens is 1. The van der Waals surface area contributed by atoms with Crippen molar-refractivity contribution in [1.29, 1.82) is 0 Å². The summed E-state index contributed by atoms with van der Waals surface area (Å²) in [5.74, 6) is 2.11. The van der Waals surface area contributed by atoms with Crippen LogP contribution in [0, 0.1) is 11.8 Å². The Balaban J connectivity index is 0.00000320. The highest BCUT2D eigenvalue weighted by Gasteiger charge is 2.32. The van der Waals surface area contributed by atoms with Crippen LogP contribution in [0.25, 0.3) is 0 Å². The lowest BCUT2D eigenvalue weighted by atomic mass is 10.0. The Morgan fingerprint density at radius 1 is 1.00 bits per heavy atom. The van der Waals surface area contributed by atoms with Gasteiger partial charge in [-0.2, -0.15) is 0 Å². The fourth-order valence-electron chi connectivity index (χ4n) is 4.93. The molecule has 3 fully saturated rings. The standard InChI is InChI=1S/C22H39N5O2.HI/c1-2-23-22(25-13-12-24-20(28)15-17-7-3-4-8-17)26-19-11-14-27(16-19)21(29)18-9-5-6-10-18;/h17-19H,2-16H2,1H3,(H,24,28)(H2,23,25,26);1H. The predicted molar refractivity (Wildman–Crippen MR) is 131 cm³/mol. The summed E-state index contributed by atoms with van der Waals surface area (Å²) < 4.78 is 0. The number of carbonyl (C=O) groups excluding carboxylic acids is 2. The summed E-state index contributed by atoms with van der Waals surface area (Å²) >= 11 is 0. The van der Waals surface area contributed by atoms with E-state index in [-0.39, 0.29) is 41.8 Å². The Bertz CT molecular complexity index is 574. The molecule has 1 saturated heterocycles. The minimum Gasteiger partial charge on any atom is -0.357 e. The fraction of sp³-hybridized carbons (Fsp3) is 0.864. The molecule has 0 aromatic rings. The fourth-order valence-corrected chi connectivity index (χ4v) is 4.93. The molecule has 2 amide bonds. The number of carbonyl (C=O) groups is 2. The van der Waals surface area contributed by atoms with E-state index in [4.69, 9.17) is 0 Å². The third kappa shape index (κ3) is 7.89. The van der Waals surface area contributed by atoms with Gasteiger partial charge in [-0.3, -0.25) is 14.6 Å². The number of nitrogens with zero attached hydrogens (tertiary/aromatic N) is 2.